The fourth-order valence-electron chi connectivity index (χ4n) is 2.41. The minimum absolute atomic E-state index is 0.163. The van der Waals surface area contributed by atoms with E-state index in [9.17, 15) is 4.79 Å². The molecule has 0 unspecified atom stereocenters. The number of hydrogen-bond donors (Lipinski definition) is 0. The Hall–Kier alpha value is -2.47. The van der Waals surface area contributed by atoms with Gasteiger partial charge in [-0.2, -0.15) is 5.10 Å². The lowest BCUT2D eigenvalue weighted by Gasteiger charge is -2.21. The van der Waals surface area contributed by atoms with E-state index in [1.54, 1.807) is 16.8 Å². The molecule has 0 amide bonds. The number of esters is 1. The maximum absolute atomic E-state index is 12.4. The van der Waals surface area contributed by atoms with Crippen LogP contribution in [-0.4, -0.2) is 15.7 Å². The quantitative estimate of drug-likeness (QED) is 0.590. The van der Waals surface area contributed by atoms with Crippen molar-refractivity contribution < 1.29 is 13.9 Å². The fraction of sp³-hybridized carbons (Fsp3) is 0.300. The van der Waals surface area contributed by atoms with Gasteiger partial charge in [0, 0.05) is 4.90 Å². The number of hydrogen-bond acceptors (Lipinski definition) is 5. The molecule has 1 aromatic carbocycles. The zero-order valence-electron chi connectivity index (χ0n) is 15.6. The molecule has 0 fully saturated rings. The number of ether oxygens (including phenoxy) is 1. The monoisotopic (exact) mass is 370 g/mol. The highest BCUT2D eigenvalue weighted by Gasteiger charge is 2.28. The molecule has 5 nitrogen and oxygen atoms in total. The first-order valence-corrected chi connectivity index (χ1v) is 9.17. The average molecular weight is 370 g/mol. The Morgan fingerprint density at radius 1 is 1.15 bits per heavy atom. The topological polar surface area (TPSA) is 57.3 Å². The summed E-state index contributed by atoms with van der Waals surface area (Å²) in [6.07, 6.45) is 1.45. The SMILES string of the molecule is Cc1ccc(Sc2c(C)nn(C(C)(C)C)c2OC(=O)c2ccco2)cc1. The van der Waals surface area contributed by atoms with Gasteiger partial charge in [0.15, 0.2) is 0 Å². The van der Waals surface area contributed by atoms with E-state index in [1.807, 2.05) is 46.8 Å². The van der Waals surface area contributed by atoms with Crippen molar-refractivity contribution in [2.24, 2.45) is 0 Å². The summed E-state index contributed by atoms with van der Waals surface area (Å²) in [5.41, 5.74) is 1.67. The number of carbonyl (C=O) groups excluding carboxylic acids is 1. The summed E-state index contributed by atoms with van der Waals surface area (Å²) in [6.45, 7) is 10.0. The van der Waals surface area contributed by atoms with Crippen molar-refractivity contribution in [2.45, 2.75) is 49.9 Å². The van der Waals surface area contributed by atoms with Gasteiger partial charge in [0.1, 0.15) is 0 Å². The molecule has 0 aliphatic carbocycles. The summed E-state index contributed by atoms with van der Waals surface area (Å²) in [5.74, 6) is 0.0590. The van der Waals surface area contributed by atoms with Crippen molar-refractivity contribution >= 4 is 17.7 Å². The number of furan rings is 1. The molecule has 136 valence electrons. The predicted molar refractivity (Wildman–Crippen MR) is 101 cm³/mol. The second-order valence-corrected chi connectivity index (χ2v) is 8.17. The van der Waals surface area contributed by atoms with Gasteiger partial charge in [-0.1, -0.05) is 29.5 Å². The molecule has 0 radical (unpaired) electrons. The highest BCUT2D eigenvalue weighted by Crippen LogP contribution is 2.40. The molecule has 2 aromatic heterocycles. The van der Waals surface area contributed by atoms with Gasteiger partial charge in [0.25, 0.3) is 0 Å². The Kier molecular flexibility index (Phi) is 4.96. The number of nitrogens with zero attached hydrogens (tertiary/aromatic N) is 2. The van der Waals surface area contributed by atoms with Crippen LogP contribution < -0.4 is 4.74 Å². The third kappa shape index (κ3) is 3.85. The highest BCUT2D eigenvalue weighted by atomic mass is 32.2. The van der Waals surface area contributed by atoms with Crippen molar-refractivity contribution in [3.05, 3.63) is 59.7 Å². The zero-order chi connectivity index (χ0) is 18.9. The Morgan fingerprint density at radius 3 is 2.42 bits per heavy atom. The third-order valence-corrected chi connectivity index (χ3v) is 4.94. The molecular formula is C20H22N2O3S. The number of benzene rings is 1. The average Bonchev–Trinajstić information content (AvgIpc) is 3.20. The number of aromatic nitrogens is 2. The largest absolute Gasteiger partial charge is 0.457 e. The molecule has 0 bridgehead atoms. The van der Waals surface area contributed by atoms with Gasteiger partial charge in [-0.3, -0.25) is 0 Å². The summed E-state index contributed by atoms with van der Waals surface area (Å²) in [4.78, 5) is 14.3. The standard InChI is InChI=1S/C20H22N2O3S/c1-13-8-10-15(11-9-13)26-17-14(2)21-22(20(3,4)5)18(17)25-19(23)16-7-6-12-24-16/h6-12H,1-5H3. The van der Waals surface area contributed by atoms with E-state index in [0.717, 1.165) is 15.5 Å². The summed E-state index contributed by atoms with van der Waals surface area (Å²) < 4.78 is 12.6. The van der Waals surface area contributed by atoms with Gasteiger partial charge in [0.2, 0.25) is 11.6 Å². The zero-order valence-corrected chi connectivity index (χ0v) is 16.4. The van der Waals surface area contributed by atoms with Gasteiger partial charge in [0.05, 0.1) is 22.4 Å². The fourth-order valence-corrected chi connectivity index (χ4v) is 3.32. The van der Waals surface area contributed by atoms with Crippen LogP contribution in [0.2, 0.25) is 0 Å². The minimum atomic E-state index is -0.536. The van der Waals surface area contributed by atoms with Gasteiger partial charge >= 0.3 is 5.97 Å². The summed E-state index contributed by atoms with van der Waals surface area (Å²) in [6, 6.07) is 11.4. The molecule has 2 heterocycles. The van der Waals surface area contributed by atoms with Crippen LogP contribution in [0.4, 0.5) is 0 Å². The van der Waals surface area contributed by atoms with Crippen LogP contribution in [0.5, 0.6) is 5.88 Å². The molecule has 0 saturated carbocycles. The minimum Gasteiger partial charge on any atom is -0.457 e. The molecule has 0 N–H and O–H groups in total. The molecule has 26 heavy (non-hydrogen) atoms. The smallest absolute Gasteiger partial charge is 0.380 e. The van der Waals surface area contributed by atoms with Crippen LogP contribution in [0.3, 0.4) is 0 Å². The molecule has 0 atom stereocenters. The third-order valence-electron chi connectivity index (χ3n) is 3.75. The van der Waals surface area contributed by atoms with E-state index < -0.39 is 5.97 Å². The lowest BCUT2D eigenvalue weighted by molar-refractivity contribution is 0.0670. The molecule has 0 aliphatic heterocycles. The first kappa shape index (κ1) is 18.3. The van der Waals surface area contributed by atoms with E-state index in [-0.39, 0.29) is 11.3 Å². The van der Waals surface area contributed by atoms with Gasteiger partial charge in [-0.15, -0.1) is 0 Å². The lowest BCUT2D eigenvalue weighted by atomic mass is 10.1. The molecule has 0 aliphatic rings. The van der Waals surface area contributed by atoms with Crippen molar-refractivity contribution in [1.82, 2.24) is 9.78 Å². The van der Waals surface area contributed by atoms with Crippen LogP contribution in [0, 0.1) is 13.8 Å². The van der Waals surface area contributed by atoms with Crippen molar-refractivity contribution in [3.63, 3.8) is 0 Å². The van der Waals surface area contributed by atoms with Gasteiger partial charge in [-0.25, -0.2) is 9.48 Å². The maximum Gasteiger partial charge on any atom is 0.380 e. The lowest BCUT2D eigenvalue weighted by Crippen LogP contribution is -2.25. The summed E-state index contributed by atoms with van der Waals surface area (Å²) in [5, 5.41) is 4.62. The van der Waals surface area contributed by atoms with Crippen LogP contribution in [0.1, 0.15) is 42.6 Å². The molecule has 6 heteroatoms. The molecule has 0 saturated heterocycles. The Labute approximate surface area is 157 Å². The summed E-state index contributed by atoms with van der Waals surface area (Å²) >= 11 is 1.53. The van der Waals surface area contributed by atoms with Crippen molar-refractivity contribution in [2.75, 3.05) is 0 Å². The van der Waals surface area contributed by atoms with Crippen LogP contribution in [0.25, 0.3) is 0 Å². The van der Waals surface area contributed by atoms with Gasteiger partial charge < -0.3 is 9.15 Å². The second-order valence-electron chi connectivity index (χ2n) is 7.08. The number of carbonyl (C=O) groups is 1. The van der Waals surface area contributed by atoms with Crippen LogP contribution in [-0.2, 0) is 5.54 Å². The van der Waals surface area contributed by atoms with E-state index in [0.29, 0.717) is 5.88 Å². The highest BCUT2D eigenvalue weighted by molar-refractivity contribution is 7.99. The summed E-state index contributed by atoms with van der Waals surface area (Å²) in [7, 11) is 0. The molecule has 3 aromatic rings. The Balaban J connectivity index is 2.01. The normalized spacial score (nSPS) is 11.6. The number of aryl methyl sites for hydroxylation is 2. The van der Waals surface area contributed by atoms with E-state index in [1.165, 1.54) is 23.6 Å². The molecule has 3 rings (SSSR count). The number of rotatable bonds is 4. The first-order chi connectivity index (χ1) is 12.3. The van der Waals surface area contributed by atoms with E-state index in [2.05, 4.69) is 17.2 Å². The van der Waals surface area contributed by atoms with E-state index >= 15 is 0 Å². The second kappa shape index (κ2) is 7.03. The first-order valence-electron chi connectivity index (χ1n) is 8.36. The van der Waals surface area contributed by atoms with E-state index in [4.69, 9.17) is 9.15 Å². The molecular weight excluding hydrogens is 348 g/mol. The Bertz CT molecular complexity index is 904. The van der Waals surface area contributed by atoms with Crippen LogP contribution in [0.15, 0.2) is 56.9 Å². The molecule has 0 spiro atoms. The van der Waals surface area contributed by atoms with Crippen molar-refractivity contribution in [3.8, 4) is 5.88 Å². The van der Waals surface area contributed by atoms with Gasteiger partial charge in [-0.05, 0) is 58.9 Å². The maximum atomic E-state index is 12.4. The van der Waals surface area contributed by atoms with Crippen LogP contribution >= 0.6 is 11.8 Å². The Morgan fingerprint density at radius 2 is 1.85 bits per heavy atom. The van der Waals surface area contributed by atoms with Crippen molar-refractivity contribution in [1.29, 1.82) is 0 Å². The predicted octanol–water partition coefficient (Wildman–Crippen LogP) is 5.22.